The highest BCUT2D eigenvalue weighted by molar-refractivity contribution is 5.74. The number of ether oxygens (including phenoxy) is 2. The molecule has 1 aromatic heterocycles. The number of carbonyl (C=O) groups excluding carboxylic acids is 1. The Balaban J connectivity index is 1.45. The molecule has 0 bridgehead atoms. The van der Waals surface area contributed by atoms with Crippen molar-refractivity contribution < 1.29 is 23.0 Å². The van der Waals surface area contributed by atoms with Gasteiger partial charge in [0.15, 0.2) is 17.4 Å². The summed E-state index contributed by atoms with van der Waals surface area (Å²) in [5.74, 6) is -0.294. The van der Waals surface area contributed by atoms with Crippen LogP contribution in [0.3, 0.4) is 0 Å². The first-order chi connectivity index (χ1) is 19.2. The Labute approximate surface area is 232 Å². The number of likely N-dealkylation sites (tertiary alicyclic amines) is 1. The number of amides is 1. The van der Waals surface area contributed by atoms with E-state index in [1.807, 2.05) is 30.9 Å². The third kappa shape index (κ3) is 5.79. The molecule has 0 spiro atoms. The number of fused-ring (bicyclic) bond motifs is 1. The summed E-state index contributed by atoms with van der Waals surface area (Å²) in [6.07, 6.45) is 2.39. The highest BCUT2D eigenvalue weighted by Gasteiger charge is 2.26. The Morgan fingerprint density at radius 2 is 1.90 bits per heavy atom. The second-order valence-electron chi connectivity index (χ2n) is 10.4. The highest BCUT2D eigenvalue weighted by Crippen LogP contribution is 2.40. The average molecular weight is 553 g/mol. The minimum atomic E-state index is -0.682. The molecule has 0 unspecified atom stereocenters. The number of nitrogens with one attached hydrogen (secondary N) is 2. The summed E-state index contributed by atoms with van der Waals surface area (Å²) in [5.41, 5.74) is 2.30. The van der Waals surface area contributed by atoms with Crippen molar-refractivity contribution in [2.45, 2.75) is 38.6 Å². The van der Waals surface area contributed by atoms with E-state index in [9.17, 15) is 9.18 Å². The minimum Gasteiger partial charge on any atom is -0.486 e. The second-order valence-corrected chi connectivity index (χ2v) is 10.4. The number of aromatic nitrogens is 2. The fraction of sp³-hybridized carbons (Fsp3) is 0.414. The monoisotopic (exact) mass is 552 g/mol. The van der Waals surface area contributed by atoms with E-state index in [1.165, 1.54) is 13.1 Å². The van der Waals surface area contributed by atoms with Gasteiger partial charge in [0.2, 0.25) is 5.95 Å². The summed E-state index contributed by atoms with van der Waals surface area (Å²) in [6.45, 7) is 6.90. The number of nitrogens with zero attached hydrogens (tertiary/aromatic N) is 4. The van der Waals surface area contributed by atoms with E-state index in [0.29, 0.717) is 30.3 Å². The summed E-state index contributed by atoms with van der Waals surface area (Å²) in [6, 6.07) is 8.52. The molecule has 2 N–H and O–H groups in total. The summed E-state index contributed by atoms with van der Waals surface area (Å²) >= 11 is 0. The van der Waals surface area contributed by atoms with E-state index in [4.69, 9.17) is 9.47 Å². The lowest BCUT2D eigenvalue weighted by atomic mass is 9.89. The smallest absolute Gasteiger partial charge is 0.412 e. The van der Waals surface area contributed by atoms with Crippen LogP contribution in [0.2, 0.25) is 0 Å². The second kappa shape index (κ2) is 11.6. The minimum absolute atomic E-state index is 0.0433. The van der Waals surface area contributed by atoms with Gasteiger partial charge in [-0.25, -0.2) is 23.5 Å². The molecule has 2 aliphatic rings. The maximum Gasteiger partial charge on any atom is 0.412 e. The lowest BCUT2D eigenvalue weighted by molar-refractivity contribution is 0.201. The molecule has 5 rings (SSSR count). The quantitative estimate of drug-likeness (QED) is 0.426. The lowest BCUT2D eigenvalue weighted by Crippen LogP contribution is -2.38. The first-order valence-corrected chi connectivity index (χ1v) is 13.5. The molecule has 3 heterocycles. The molecule has 2 aliphatic heterocycles. The number of hydrogen-bond donors (Lipinski definition) is 2. The van der Waals surface area contributed by atoms with Crippen molar-refractivity contribution in [2.24, 2.45) is 0 Å². The van der Waals surface area contributed by atoms with Gasteiger partial charge in [-0.05, 0) is 76.5 Å². The third-order valence-corrected chi connectivity index (χ3v) is 7.39. The lowest BCUT2D eigenvalue weighted by Gasteiger charge is -2.34. The molecule has 11 heteroatoms. The van der Waals surface area contributed by atoms with Crippen LogP contribution in [0.25, 0.3) is 11.3 Å². The average Bonchev–Trinajstić information content (AvgIpc) is 2.94. The van der Waals surface area contributed by atoms with Crippen molar-refractivity contribution >= 4 is 23.4 Å². The largest absolute Gasteiger partial charge is 0.486 e. The summed E-state index contributed by atoms with van der Waals surface area (Å²) < 4.78 is 41.2. The first-order valence-electron chi connectivity index (χ1n) is 13.5. The van der Waals surface area contributed by atoms with Crippen molar-refractivity contribution in [1.82, 2.24) is 20.2 Å². The van der Waals surface area contributed by atoms with E-state index in [1.54, 1.807) is 12.1 Å². The van der Waals surface area contributed by atoms with Crippen LogP contribution in [-0.2, 0) is 0 Å². The maximum atomic E-state index is 15.0. The van der Waals surface area contributed by atoms with Crippen LogP contribution in [-0.4, -0.2) is 67.3 Å². The zero-order valence-electron chi connectivity index (χ0n) is 23.1. The van der Waals surface area contributed by atoms with Crippen molar-refractivity contribution in [1.29, 1.82) is 0 Å². The van der Waals surface area contributed by atoms with Gasteiger partial charge in [-0.15, -0.1) is 0 Å². The van der Waals surface area contributed by atoms with Gasteiger partial charge in [0.25, 0.3) is 0 Å². The molecule has 0 atom stereocenters. The zero-order chi connectivity index (χ0) is 28.4. The van der Waals surface area contributed by atoms with E-state index in [-0.39, 0.29) is 34.9 Å². The van der Waals surface area contributed by atoms with Gasteiger partial charge >= 0.3 is 6.09 Å². The standard InChI is InChI=1S/C29H34F2N6O3/c1-17(2)37-11-12-39-27-22(30)13-19(14-24(27)37)26-23(31)16-33-28(35-26)34-20-5-6-21(18-7-9-36(4)10-8-18)25(15-20)40-29(38)32-3/h5-6,13-18H,7-12H2,1-4H3,(H,32,38)(H,33,34,35). The fourth-order valence-electron chi connectivity index (χ4n) is 5.24. The van der Waals surface area contributed by atoms with E-state index in [0.717, 1.165) is 37.7 Å². The molecule has 1 saturated heterocycles. The number of anilines is 3. The number of hydrogen-bond acceptors (Lipinski definition) is 8. The predicted molar refractivity (Wildman–Crippen MR) is 150 cm³/mol. The van der Waals surface area contributed by atoms with Crippen LogP contribution < -0.4 is 25.0 Å². The molecular formula is C29H34F2N6O3. The summed E-state index contributed by atoms with van der Waals surface area (Å²) in [4.78, 5) is 24.9. The zero-order valence-corrected chi connectivity index (χ0v) is 23.1. The molecule has 1 amide bonds. The Bertz CT molecular complexity index is 1390. The Morgan fingerprint density at radius 1 is 1.12 bits per heavy atom. The van der Waals surface area contributed by atoms with Crippen LogP contribution in [0.15, 0.2) is 36.5 Å². The fourth-order valence-corrected chi connectivity index (χ4v) is 5.24. The van der Waals surface area contributed by atoms with Crippen LogP contribution in [0.4, 0.5) is 30.9 Å². The van der Waals surface area contributed by atoms with Crippen LogP contribution >= 0.6 is 0 Å². The van der Waals surface area contributed by atoms with E-state index >= 15 is 4.39 Å². The van der Waals surface area contributed by atoms with Crippen LogP contribution in [0.1, 0.15) is 38.2 Å². The Morgan fingerprint density at radius 3 is 2.62 bits per heavy atom. The third-order valence-electron chi connectivity index (χ3n) is 7.39. The molecule has 9 nitrogen and oxygen atoms in total. The normalized spacial score (nSPS) is 15.9. The van der Waals surface area contributed by atoms with Gasteiger partial charge in [-0.1, -0.05) is 6.07 Å². The first kappa shape index (κ1) is 27.6. The van der Waals surface area contributed by atoms with Crippen molar-refractivity contribution in [3.63, 3.8) is 0 Å². The number of benzene rings is 2. The molecule has 0 radical (unpaired) electrons. The highest BCUT2D eigenvalue weighted by atomic mass is 19.1. The van der Waals surface area contributed by atoms with Crippen molar-refractivity contribution in [3.05, 3.63) is 53.7 Å². The molecule has 0 saturated carbocycles. The topological polar surface area (TPSA) is 91.8 Å². The molecule has 40 heavy (non-hydrogen) atoms. The van der Waals surface area contributed by atoms with Crippen molar-refractivity contribution in [3.8, 4) is 22.8 Å². The SMILES string of the molecule is CNC(=O)Oc1cc(Nc2ncc(F)c(-c3cc(F)c4c(c3)N(C(C)C)CCO4)n2)ccc1C1CCN(C)CC1. The van der Waals surface area contributed by atoms with E-state index in [2.05, 4.69) is 32.5 Å². The van der Waals surface area contributed by atoms with Crippen LogP contribution in [0.5, 0.6) is 11.5 Å². The molecule has 1 fully saturated rings. The van der Waals surface area contributed by atoms with Gasteiger partial charge in [-0.2, -0.15) is 0 Å². The van der Waals surface area contributed by atoms with Gasteiger partial charge in [0.05, 0.1) is 18.4 Å². The molecule has 212 valence electrons. The van der Waals surface area contributed by atoms with Gasteiger partial charge in [0, 0.05) is 30.4 Å². The predicted octanol–water partition coefficient (Wildman–Crippen LogP) is 5.30. The molecule has 2 aromatic carbocycles. The van der Waals surface area contributed by atoms with Crippen LogP contribution in [0, 0.1) is 11.6 Å². The Hall–Kier alpha value is -3.99. The van der Waals surface area contributed by atoms with Crippen molar-refractivity contribution in [2.75, 3.05) is 50.6 Å². The summed E-state index contributed by atoms with van der Waals surface area (Å²) in [5, 5.41) is 5.57. The number of carbonyl (C=O) groups is 1. The Kier molecular flexibility index (Phi) is 8.02. The number of rotatable bonds is 6. The van der Waals surface area contributed by atoms with E-state index < -0.39 is 17.7 Å². The molecular weight excluding hydrogens is 518 g/mol. The molecule has 0 aliphatic carbocycles. The number of halogens is 2. The van der Waals surface area contributed by atoms with Gasteiger partial charge in [-0.3, -0.25) is 0 Å². The van der Waals surface area contributed by atoms with Gasteiger partial charge < -0.3 is 29.9 Å². The molecule has 3 aromatic rings. The number of piperidine rings is 1. The maximum absolute atomic E-state index is 15.0. The van der Waals surface area contributed by atoms with Gasteiger partial charge in [0.1, 0.15) is 18.1 Å². The summed E-state index contributed by atoms with van der Waals surface area (Å²) in [7, 11) is 3.60.